The van der Waals surface area contributed by atoms with Crippen LogP contribution in [-0.4, -0.2) is 72.1 Å². The zero-order valence-corrected chi connectivity index (χ0v) is 20.2. The van der Waals surface area contributed by atoms with Crippen molar-refractivity contribution in [2.75, 3.05) is 57.3 Å². The molecule has 172 valence electrons. The number of anilines is 1. The number of benzene rings is 2. The van der Waals surface area contributed by atoms with Gasteiger partial charge in [-0.1, -0.05) is 44.0 Å². The molecule has 1 aliphatic rings. The molecule has 0 aliphatic carbocycles. The fourth-order valence-electron chi connectivity index (χ4n) is 4.66. The van der Waals surface area contributed by atoms with Crippen LogP contribution in [0.2, 0.25) is 5.02 Å². The SMILES string of the molecule is CCN(CC)CCN(CCN1CCCCC1)c1ccccc1-c1nc2cc(Cl)ccc2[nH]1. The summed E-state index contributed by atoms with van der Waals surface area (Å²) in [6.07, 6.45) is 4.04. The molecule has 6 heteroatoms. The number of likely N-dealkylation sites (N-methyl/N-ethyl adjacent to an activating group) is 1. The van der Waals surface area contributed by atoms with Crippen LogP contribution in [0.5, 0.6) is 0 Å². The second-order valence-corrected chi connectivity index (χ2v) is 9.12. The van der Waals surface area contributed by atoms with E-state index < -0.39 is 0 Å². The molecule has 1 N–H and O–H groups in total. The fraction of sp³-hybridized carbons (Fsp3) is 0.500. The molecule has 3 aromatic rings. The maximum atomic E-state index is 6.20. The average molecular weight is 454 g/mol. The van der Waals surface area contributed by atoms with Crippen LogP contribution in [0.3, 0.4) is 0 Å². The van der Waals surface area contributed by atoms with Crippen LogP contribution < -0.4 is 4.90 Å². The number of likely N-dealkylation sites (tertiary alicyclic amines) is 1. The largest absolute Gasteiger partial charge is 0.368 e. The molecule has 0 amide bonds. The molecule has 0 spiro atoms. The number of imidazole rings is 1. The number of fused-ring (bicyclic) bond motifs is 1. The lowest BCUT2D eigenvalue weighted by Gasteiger charge is -2.33. The molecular formula is C26H36ClN5. The highest BCUT2D eigenvalue weighted by atomic mass is 35.5. The Hall–Kier alpha value is -2.08. The number of aromatic amines is 1. The first-order valence-corrected chi connectivity index (χ1v) is 12.5. The Labute approximate surface area is 197 Å². The number of piperidine rings is 1. The van der Waals surface area contributed by atoms with Crippen molar-refractivity contribution in [2.45, 2.75) is 33.1 Å². The molecule has 0 saturated carbocycles. The van der Waals surface area contributed by atoms with Crippen LogP contribution in [-0.2, 0) is 0 Å². The lowest BCUT2D eigenvalue weighted by atomic mass is 10.1. The van der Waals surface area contributed by atoms with Crippen molar-refractivity contribution in [1.29, 1.82) is 0 Å². The van der Waals surface area contributed by atoms with E-state index in [9.17, 15) is 0 Å². The Bertz CT molecular complexity index is 991. The van der Waals surface area contributed by atoms with Crippen LogP contribution in [0.1, 0.15) is 33.1 Å². The van der Waals surface area contributed by atoms with E-state index in [-0.39, 0.29) is 0 Å². The second-order valence-electron chi connectivity index (χ2n) is 8.68. The third kappa shape index (κ3) is 5.64. The Morgan fingerprint density at radius 3 is 2.53 bits per heavy atom. The van der Waals surface area contributed by atoms with E-state index in [0.717, 1.165) is 61.7 Å². The first-order chi connectivity index (χ1) is 15.7. The zero-order valence-electron chi connectivity index (χ0n) is 19.5. The summed E-state index contributed by atoms with van der Waals surface area (Å²) in [6.45, 7) is 13.4. The number of hydrogen-bond acceptors (Lipinski definition) is 4. The molecule has 1 aliphatic heterocycles. The zero-order chi connectivity index (χ0) is 22.3. The number of rotatable bonds is 10. The molecule has 2 heterocycles. The summed E-state index contributed by atoms with van der Waals surface area (Å²) in [4.78, 5) is 16.1. The van der Waals surface area contributed by atoms with Gasteiger partial charge in [0.05, 0.1) is 11.0 Å². The maximum Gasteiger partial charge on any atom is 0.140 e. The molecule has 1 fully saturated rings. The van der Waals surface area contributed by atoms with Crippen molar-refractivity contribution in [3.63, 3.8) is 0 Å². The molecule has 2 aromatic carbocycles. The van der Waals surface area contributed by atoms with E-state index in [0.29, 0.717) is 5.02 Å². The highest BCUT2D eigenvalue weighted by molar-refractivity contribution is 6.31. The van der Waals surface area contributed by atoms with Gasteiger partial charge in [0.25, 0.3) is 0 Å². The van der Waals surface area contributed by atoms with E-state index in [2.05, 4.69) is 57.8 Å². The van der Waals surface area contributed by atoms with E-state index in [4.69, 9.17) is 16.6 Å². The summed E-state index contributed by atoms with van der Waals surface area (Å²) in [6, 6.07) is 14.5. The molecular weight excluding hydrogens is 418 g/mol. The van der Waals surface area contributed by atoms with Crippen LogP contribution in [0.15, 0.2) is 42.5 Å². The number of halogens is 1. The number of aromatic nitrogens is 2. The van der Waals surface area contributed by atoms with Gasteiger partial charge in [-0.25, -0.2) is 4.98 Å². The number of hydrogen-bond donors (Lipinski definition) is 1. The quantitative estimate of drug-likeness (QED) is 0.438. The molecule has 0 unspecified atom stereocenters. The highest BCUT2D eigenvalue weighted by Crippen LogP contribution is 2.31. The van der Waals surface area contributed by atoms with E-state index in [1.807, 2.05) is 18.2 Å². The first-order valence-electron chi connectivity index (χ1n) is 12.1. The van der Waals surface area contributed by atoms with Crippen molar-refractivity contribution in [2.24, 2.45) is 0 Å². The van der Waals surface area contributed by atoms with E-state index >= 15 is 0 Å². The predicted octanol–water partition coefficient (Wildman–Crippen LogP) is 5.52. The summed E-state index contributed by atoms with van der Waals surface area (Å²) in [5.41, 5.74) is 4.33. The lowest BCUT2D eigenvalue weighted by molar-refractivity contribution is 0.231. The molecule has 32 heavy (non-hydrogen) atoms. The Morgan fingerprint density at radius 1 is 0.969 bits per heavy atom. The molecule has 0 bridgehead atoms. The van der Waals surface area contributed by atoms with Crippen molar-refractivity contribution in [3.8, 4) is 11.4 Å². The second kappa shape index (κ2) is 11.2. The standard InChI is InChI=1S/C26H36ClN5/c1-3-30(4-2)16-18-32(19-17-31-14-8-5-9-15-31)25-11-7-6-10-22(25)26-28-23-13-12-21(27)20-24(23)29-26/h6-7,10-13,20H,3-5,8-9,14-19H2,1-2H3,(H,28,29). The third-order valence-corrected chi connectivity index (χ3v) is 6.90. The normalized spacial score (nSPS) is 15.0. The number of nitrogens with zero attached hydrogens (tertiary/aromatic N) is 4. The highest BCUT2D eigenvalue weighted by Gasteiger charge is 2.18. The van der Waals surface area contributed by atoms with Gasteiger partial charge in [-0.05, 0) is 69.4 Å². The van der Waals surface area contributed by atoms with Crippen LogP contribution >= 0.6 is 11.6 Å². The molecule has 5 nitrogen and oxygen atoms in total. The Balaban J connectivity index is 1.61. The Kier molecular flexibility index (Phi) is 8.06. The molecule has 1 saturated heterocycles. The summed E-state index contributed by atoms with van der Waals surface area (Å²) >= 11 is 6.20. The number of H-pyrrole nitrogens is 1. The minimum absolute atomic E-state index is 0.714. The van der Waals surface area contributed by atoms with E-state index in [1.54, 1.807) is 0 Å². The number of para-hydroxylation sites is 1. The van der Waals surface area contributed by atoms with Crippen molar-refractivity contribution >= 4 is 28.3 Å². The average Bonchev–Trinajstić information content (AvgIpc) is 3.25. The van der Waals surface area contributed by atoms with Gasteiger partial charge in [0.1, 0.15) is 5.82 Å². The summed E-state index contributed by atoms with van der Waals surface area (Å²) in [5.74, 6) is 0.906. The van der Waals surface area contributed by atoms with Gasteiger partial charge < -0.3 is 19.7 Å². The van der Waals surface area contributed by atoms with Crippen LogP contribution in [0.25, 0.3) is 22.4 Å². The van der Waals surface area contributed by atoms with Gasteiger partial charge in [0.2, 0.25) is 0 Å². The first kappa shape index (κ1) is 23.1. The van der Waals surface area contributed by atoms with Crippen molar-refractivity contribution in [3.05, 3.63) is 47.5 Å². The van der Waals surface area contributed by atoms with Gasteiger partial charge in [0.15, 0.2) is 0 Å². The lowest BCUT2D eigenvalue weighted by Crippen LogP contribution is -2.41. The summed E-state index contributed by atoms with van der Waals surface area (Å²) < 4.78 is 0. The molecule has 1 aromatic heterocycles. The Morgan fingerprint density at radius 2 is 1.75 bits per heavy atom. The van der Waals surface area contributed by atoms with Crippen LogP contribution in [0.4, 0.5) is 5.69 Å². The maximum absolute atomic E-state index is 6.20. The smallest absolute Gasteiger partial charge is 0.140 e. The van der Waals surface area contributed by atoms with Crippen molar-refractivity contribution in [1.82, 2.24) is 19.8 Å². The van der Waals surface area contributed by atoms with Gasteiger partial charge in [-0.3, -0.25) is 0 Å². The topological polar surface area (TPSA) is 38.4 Å². The van der Waals surface area contributed by atoms with Crippen molar-refractivity contribution < 1.29 is 0 Å². The summed E-state index contributed by atoms with van der Waals surface area (Å²) in [5, 5.41) is 0.714. The minimum atomic E-state index is 0.714. The molecule has 4 rings (SSSR count). The third-order valence-electron chi connectivity index (χ3n) is 6.66. The van der Waals surface area contributed by atoms with Gasteiger partial charge in [-0.2, -0.15) is 0 Å². The van der Waals surface area contributed by atoms with Gasteiger partial charge >= 0.3 is 0 Å². The fourth-order valence-corrected chi connectivity index (χ4v) is 4.82. The number of nitrogens with one attached hydrogen (secondary N) is 1. The van der Waals surface area contributed by atoms with E-state index in [1.165, 1.54) is 38.0 Å². The molecule has 0 radical (unpaired) electrons. The van der Waals surface area contributed by atoms with Crippen LogP contribution in [0, 0.1) is 0 Å². The van der Waals surface area contributed by atoms with Gasteiger partial charge in [0, 0.05) is 42.5 Å². The van der Waals surface area contributed by atoms with Gasteiger partial charge in [-0.15, -0.1) is 0 Å². The molecule has 0 atom stereocenters. The minimum Gasteiger partial charge on any atom is -0.368 e. The predicted molar refractivity (Wildman–Crippen MR) is 137 cm³/mol. The monoisotopic (exact) mass is 453 g/mol. The summed E-state index contributed by atoms with van der Waals surface area (Å²) in [7, 11) is 0.